The zero-order valence-corrected chi connectivity index (χ0v) is 15.0. The number of carbonyl (C=O) groups excluding carboxylic acids is 1. The number of thioether (sulfide) groups is 1. The van der Waals surface area contributed by atoms with E-state index in [0.29, 0.717) is 23.1 Å². The highest BCUT2D eigenvalue weighted by atomic mass is 35.5. The van der Waals surface area contributed by atoms with Crippen molar-refractivity contribution in [1.29, 1.82) is 0 Å². The van der Waals surface area contributed by atoms with Crippen LogP contribution in [0.1, 0.15) is 11.1 Å². The van der Waals surface area contributed by atoms with Crippen molar-refractivity contribution in [2.24, 2.45) is 0 Å². The van der Waals surface area contributed by atoms with E-state index < -0.39 is 0 Å². The maximum atomic E-state index is 12.1. The highest BCUT2D eigenvalue weighted by molar-refractivity contribution is 7.99. The molecule has 5 nitrogen and oxygen atoms in total. The average Bonchev–Trinajstić information content (AvgIpc) is 3.04. The molecule has 0 saturated heterocycles. The van der Waals surface area contributed by atoms with Crippen LogP contribution in [0.2, 0.25) is 5.02 Å². The van der Waals surface area contributed by atoms with E-state index in [-0.39, 0.29) is 5.91 Å². The molecule has 3 aromatic rings. The molecule has 0 saturated carbocycles. The highest BCUT2D eigenvalue weighted by Gasteiger charge is 2.08. The second-order valence-electron chi connectivity index (χ2n) is 5.40. The van der Waals surface area contributed by atoms with Gasteiger partial charge in [-0.1, -0.05) is 29.8 Å². The zero-order valence-electron chi connectivity index (χ0n) is 13.4. The minimum atomic E-state index is -0.0493. The number of hydrogen-bond acceptors (Lipinski definition) is 4. The Labute approximate surface area is 155 Å². The molecule has 0 unspecified atom stereocenters. The maximum Gasteiger partial charge on any atom is 0.235 e. The smallest absolute Gasteiger partial charge is 0.235 e. The molecule has 2 heterocycles. The van der Waals surface area contributed by atoms with Gasteiger partial charge in [-0.25, -0.2) is 4.68 Å². The van der Waals surface area contributed by atoms with Crippen molar-refractivity contribution < 1.29 is 4.79 Å². The third-order valence-corrected chi connectivity index (χ3v) is 4.71. The number of aromatic nitrogens is 3. The maximum absolute atomic E-state index is 12.1. The average molecular weight is 373 g/mol. The standard InChI is InChI=1S/C18H17ClN4OS/c19-16-5-3-14(4-6-16)11-23-17(7-9-21-23)22-18(24)13-25-12-15-2-1-8-20-10-15/h1-10H,11-13H2,(H,22,24). The summed E-state index contributed by atoms with van der Waals surface area (Å²) < 4.78 is 1.76. The van der Waals surface area contributed by atoms with Crippen LogP contribution in [0.15, 0.2) is 61.1 Å². The topological polar surface area (TPSA) is 59.8 Å². The molecule has 128 valence electrons. The molecule has 0 fully saturated rings. The first-order chi connectivity index (χ1) is 12.2. The molecule has 0 aliphatic heterocycles. The number of anilines is 1. The number of nitrogens with one attached hydrogen (secondary N) is 1. The van der Waals surface area contributed by atoms with E-state index in [1.807, 2.05) is 42.6 Å². The first kappa shape index (κ1) is 17.5. The number of rotatable bonds is 7. The Morgan fingerprint density at radius 3 is 2.72 bits per heavy atom. The molecule has 0 atom stereocenters. The third-order valence-electron chi connectivity index (χ3n) is 3.45. The minimum absolute atomic E-state index is 0.0493. The SMILES string of the molecule is O=C(CSCc1cccnc1)Nc1ccnn1Cc1ccc(Cl)cc1. The Balaban J connectivity index is 1.52. The van der Waals surface area contributed by atoms with Crippen LogP contribution in [0.4, 0.5) is 5.82 Å². The monoisotopic (exact) mass is 372 g/mol. The number of carbonyl (C=O) groups is 1. The van der Waals surface area contributed by atoms with Gasteiger partial charge in [0.2, 0.25) is 5.91 Å². The fourth-order valence-electron chi connectivity index (χ4n) is 2.25. The van der Waals surface area contributed by atoms with Crippen LogP contribution in [-0.4, -0.2) is 26.4 Å². The number of hydrogen-bond donors (Lipinski definition) is 1. The molecule has 0 aliphatic carbocycles. The van der Waals surface area contributed by atoms with Crippen LogP contribution in [0.3, 0.4) is 0 Å². The zero-order chi connectivity index (χ0) is 17.5. The van der Waals surface area contributed by atoms with Gasteiger partial charge in [0, 0.05) is 29.2 Å². The molecule has 25 heavy (non-hydrogen) atoms. The molecule has 1 amide bonds. The minimum Gasteiger partial charge on any atom is -0.310 e. The summed E-state index contributed by atoms with van der Waals surface area (Å²) in [6, 6.07) is 13.3. The van der Waals surface area contributed by atoms with Gasteiger partial charge in [0.15, 0.2) is 0 Å². The fraction of sp³-hybridized carbons (Fsp3) is 0.167. The van der Waals surface area contributed by atoms with E-state index >= 15 is 0 Å². The van der Waals surface area contributed by atoms with Crippen molar-refractivity contribution in [3.63, 3.8) is 0 Å². The quantitative estimate of drug-likeness (QED) is 0.684. The van der Waals surface area contributed by atoms with Crippen LogP contribution in [0.5, 0.6) is 0 Å². The Hall–Kier alpha value is -2.31. The summed E-state index contributed by atoms with van der Waals surface area (Å²) in [7, 11) is 0. The van der Waals surface area contributed by atoms with Gasteiger partial charge in [-0.3, -0.25) is 9.78 Å². The summed E-state index contributed by atoms with van der Waals surface area (Å²) in [5, 5.41) is 7.87. The molecule has 0 bridgehead atoms. The number of halogens is 1. The Kier molecular flexibility index (Phi) is 6.09. The van der Waals surface area contributed by atoms with Crippen molar-refractivity contribution in [2.75, 3.05) is 11.1 Å². The van der Waals surface area contributed by atoms with Gasteiger partial charge >= 0.3 is 0 Å². The largest absolute Gasteiger partial charge is 0.310 e. The molecule has 7 heteroatoms. The van der Waals surface area contributed by atoms with Crippen LogP contribution in [-0.2, 0) is 17.1 Å². The van der Waals surface area contributed by atoms with Crippen LogP contribution >= 0.6 is 23.4 Å². The molecule has 0 aliphatic rings. The summed E-state index contributed by atoms with van der Waals surface area (Å²) in [5.74, 6) is 1.76. The molecule has 2 aromatic heterocycles. The van der Waals surface area contributed by atoms with Crippen molar-refractivity contribution in [3.05, 3.63) is 77.2 Å². The number of nitrogens with zero attached hydrogens (tertiary/aromatic N) is 3. The van der Waals surface area contributed by atoms with Gasteiger partial charge in [-0.15, -0.1) is 11.8 Å². The first-order valence-electron chi connectivity index (χ1n) is 7.73. The van der Waals surface area contributed by atoms with E-state index in [0.717, 1.165) is 16.9 Å². The number of amides is 1. The van der Waals surface area contributed by atoms with E-state index in [1.54, 1.807) is 34.9 Å². The second-order valence-corrected chi connectivity index (χ2v) is 6.82. The molecule has 3 rings (SSSR count). The normalized spacial score (nSPS) is 10.6. The molecule has 0 spiro atoms. The Bertz CT molecular complexity index is 821. The van der Waals surface area contributed by atoms with Gasteiger partial charge in [0.25, 0.3) is 0 Å². The van der Waals surface area contributed by atoms with Crippen LogP contribution in [0.25, 0.3) is 0 Å². The summed E-state index contributed by atoms with van der Waals surface area (Å²) in [5.41, 5.74) is 2.17. The number of pyridine rings is 1. The van der Waals surface area contributed by atoms with E-state index in [4.69, 9.17) is 11.6 Å². The van der Waals surface area contributed by atoms with E-state index in [9.17, 15) is 4.79 Å². The summed E-state index contributed by atoms with van der Waals surface area (Å²) in [4.78, 5) is 16.2. The molecule has 0 radical (unpaired) electrons. The summed E-state index contributed by atoms with van der Waals surface area (Å²) in [6.07, 6.45) is 5.23. The molecular weight excluding hydrogens is 356 g/mol. The Morgan fingerprint density at radius 1 is 1.12 bits per heavy atom. The summed E-state index contributed by atoms with van der Waals surface area (Å²) in [6.45, 7) is 0.572. The van der Waals surface area contributed by atoms with E-state index in [2.05, 4.69) is 15.4 Å². The highest BCUT2D eigenvalue weighted by Crippen LogP contribution is 2.15. The lowest BCUT2D eigenvalue weighted by Crippen LogP contribution is -2.18. The van der Waals surface area contributed by atoms with Gasteiger partial charge in [0.1, 0.15) is 5.82 Å². The van der Waals surface area contributed by atoms with Crippen LogP contribution < -0.4 is 5.32 Å². The van der Waals surface area contributed by atoms with Gasteiger partial charge < -0.3 is 5.32 Å². The summed E-state index contributed by atoms with van der Waals surface area (Å²) >= 11 is 7.45. The van der Waals surface area contributed by atoms with Gasteiger partial charge in [-0.05, 0) is 29.3 Å². The Morgan fingerprint density at radius 2 is 1.96 bits per heavy atom. The van der Waals surface area contributed by atoms with E-state index in [1.165, 1.54) is 0 Å². The molecular formula is C18H17ClN4OS. The lowest BCUT2D eigenvalue weighted by molar-refractivity contribution is -0.113. The van der Waals surface area contributed by atoms with Gasteiger partial charge in [0.05, 0.1) is 18.5 Å². The van der Waals surface area contributed by atoms with Crippen molar-refractivity contribution in [1.82, 2.24) is 14.8 Å². The van der Waals surface area contributed by atoms with Crippen molar-refractivity contribution in [3.8, 4) is 0 Å². The van der Waals surface area contributed by atoms with Crippen LogP contribution in [0, 0.1) is 0 Å². The lowest BCUT2D eigenvalue weighted by Gasteiger charge is -2.09. The predicted molar refractivity (Wildman–Crippen MR) is 102 cm³/mol. The predicted octanol–water partition coefficient (Wildman–Crippen LogP) is 3.85. The molecule has 1 aromatic carbocycles. The van der Waals surface area contributed by atoms with Crippen molar-refractivity contribution in [2.45, 2.75) is 12.3 Å². The first-order valence-corrected chi connectivity index (χ1v) is 9.27. The third kappa shape index (κ3) is 5.34. The second kappa shape index (κ2) is 8.69. The molecule has 1 N–H and O–H groups in total. The lowest BCUT2D eigenvalue weighted by atomic mass is 10.2. The fourth-order valence-corrected chi connectivity index (χ4v) is 3.14. The van der Waals surface area contributed by atoms with Crippen molar-refractivity contribution >= 4 is 35.1 Å². The number of benzene rings is 1. The van der Waals surface area contributed by atoms with Gasteiger partial charge in [-0.2, -0.15) is 5.10 Å².